The van der Waals surface area contributed by atoms with Gasteiger partial charge in [0.25, 0.3) is 0 Å². The molecule has 2 unspecified atom stereocenters. The smallest absolute Gasteiger partial charge is 0.190 e. The normalized spacial score (nSPS) is 23.7. The molecule has 2 N–H and O–H groups in total. The minimum Gasteiger partial charge on any atom is -0.373 e. The van der Waals surface area contributed by atoms with Crippen LogP contribution in [0, 0.1) is 12.8 Å². The van der Waals surface area contributed by atoms with Crippen molar-refractivity contribution in [1.29, 1.82) is 0 Å². The summed E-state index contributed by atoms with van der Waals surface area (Å²) in [6.07, 6.45) is 7.72. The molecule has 5 heteroatoms. The molecular weight excluding hydrogens is 348 g/mol. The van der Waals surface area contributed by atoms with E-state index < -0.39 is 0 Å². The van der Waals surface area contributed by atoms with Gasteiger partial charge in [0, 0.05) is 32.7 Å². The van der Waals surface area contributed by atoms with E-state index in [1.54, 1.807) is 0 Å². The third-order valence-corrected chi connectivity index (χ3v) is 6.00. The van der Waals surface area contributed by atoms with E-state index in [9.17, 15) is 0 Å². The Hall–Kier alpha value is -1.59. The van der Waals surface area contributed by atoms with Gasteiger partial charge in [0.2, 0.25) is 0 Å². The van der Waals surface area contributed by atoms with E-state index in [4.69, 9.17) is 4.74 Å². The molecule has 0 radical (unpaired) electrons. The predicted molar refractivity (Wildman–Crippen MR) is 117 cm³/mol. The lowest BCUT2D eigenvalue weighted by Crippen LogP contribution is -2.42. The van der Waals surface area contributed by atoms with Crippen LogP contribution in [-0.4, -0.2) is 57.2 Å². The lowest BCUT2D eigenvalue weighted by atomic mass is 9.89. The maximum Gasteiger partial charge on any atom is 0.190 e. The van der Waals surface area contributed by atoms with Crippen molar-refractivity contribution in [2.24, 2.45) is 10.9 Å². The van der Waals surface area contributed by atoms with E-state index in [1.807, 2.05) is 7.05 Å². The first-order chi connectivity index (χ1) is 13.8. The van der Waals surface area contributed by atoms with Crippen LogP contribution >= 0.6 is 0 Å². The molecule has 2 aliphatic heterocycles. The Morgan fingerprint density at radius 1 is 1.11 bits per heavy atom. The van der Waals surface area contributed by atoms with Crippen molar-refractivity contribution in [2.75, 3.05) is 46.4 Å². The maximum absolute atomic E-state index is 6.14. The summed E-state index contributed by atoms with van der Waals surface area (Å²) in [5.74, 6) is 1.39. The largest absolute Gasteiger partial charge is 0.373 e. The summed E-state index contributed by atoms with van der Waals surface area (Å²) in [7, 11) is 1.86. The average molecular weight is 387 g/mol. The number of benzene rings is 1. The van der Waals surface area contributed by atoms with Crippen LogP contribution in [0.25, 0.3) is 0 Å². The fraction of sp³-hybridized carbons (Fsp3) is 0.696. The molecule has 0 spiro atoms. The lowest BCUT2D eigenvalue weighted by molar-refractivity contribution is -0.0265. The Labute approximate surface area is 170 Å². The Kier molecular flexibility index (Phi) is 8.62. The van der Waals surface area contributed by atoms with Crippen molar-refractivity contribution < 1.29 is 4.74 Å². The monoisotopic (exact) mass is 386 g/mol. The number of aryl methyl sites for hydroxylation is 1. The number of hydrogen-bond donors (Lipinski definition) is 2. The summed E-state index contributed by atoms with van der Waals surface area (Å²) < 4.78 is 6.14. The fourth-order valence-electron chi connectivity index (χ4n) is 4.30. The maximum atomic E-state index is 6.14. The molecule has 2 heterocycles. The number of ether oxygens (including phenoxy) is 1. The number of guanidine groups is 1. The van der Waals surface area contributed by atoms with Gasteiger partial charge in [0.15, 0.2) is 5.96 Å². The molecule has 0 amide bonds. The third-order valence-electron chi connectivity index (χ3n) is 6.00. The predicted octanol–water partition coefficient (Wildman–Crippen LogP) is 3.50. The number of rotatable bonds is 8. The van der Waals surface area contributed by atoms with Crippen LogP contribution in [0.2, 0.25) is 0 Å². The highest BCUT2D eigenvalue weighted by atomic mass is 16.5. The van der Waals surface area contributed by atoms with Gasteiger partial charge < -0.3 is 20.3 Å². The first kappa shape index (κ1) is 21.1. The van der Waals surface area contributed by atoms with Gasteiger partial charge in [0.05, 0.1) is 6.10 Å². The molecule has 3 rings (SSSR count). The van der Waals surface area contributed by atoms with Crippen LogP contribution in [0.3, 0.4) is 0 Å². The SMILES string of the molecule is CN=C(NCCCCN1CCCC1)NCC1CCCOC1c1ccc(C)cc1. The van der Waals surface area contributed by atoms with Crippen LogP contribution in [0.5, 0.6) is 0 Å². The summed E-state index contributed by atoms with van der Waals surface area (Å²) in [6, 6.07) is 8.79. The standard InChI is InChI=1S/C23H38N4O/c1-19-9-11-20(12-10-19)22-21(8-7-17-28-22)18-26-23(24-2)25-13-3-4-14-27-15-5-6-16-27/h9-12,21-22H,3-8,13-18H2,1-2H3,(H2,24,25,26). The van der Waals surface area contributed by atoms with Crippen molar-refractivity contribution in [1.82, 2.24) is 15.5 Å². The first-order valence-corrected chi connectivity index (χ1v) is 11.1. The van der Waals surface area contributed by atoms with Crippen LogP contribution in [0.1, 0.15) is 55.8 Å². The van der Waals surface area contributed by atoms with Crippen molar-refractivity contribution in [3.63, 3.8) is 0 Å². The second kappa shape index (κ2) is 11.4. The average Bonchev–Trinajstić information content (AvgIpc) is 3.24. The van der Waals surface area contributed by atoms with Gasteiger partial charge in [-0.05, 0) is 70.6 Å². The molecule has 156 valence electrons. The molecular formula is C23H38N4O. The molecule has 5 nitrogen and oxygen atoms in total. The van der Waals surface area contributed by atoms with E-state index in [1.165, 1.54) is 62.9 Å². The summed E-state index contributed by atoms with van der Waals surface area (Å²) >= 11 is 0. The second-order valence-corrected chi connectivity index (χ2v) is 8.24. The molecule has 2 fully saturated rings. The quantitative estimate of drug-likeness (QED) is 0.408. The van der Waals surface area contributed by atoms with Gasteiger partial charge >= 0.3 is 0 Å². The number of nitrogens with zero attached hydrogens (tertiary/aromatic N) is 2. The van der Waals surface area contributed by atoms with Crippen molar-refractivity contribution in [2.45, 2.75) is 51.6 Å². The minimum atomic E-state index is 0.181. The van der Waals surface area contributed by atoms with E-state index in [2.05, 4.69) is 51.7 Å². The number of aliphatic imine (C=N–C) groups is 1. The highest BCUT2D eigenvalue weighted by Gasteiger charge is 2.27. The lowest BCUT2D eigenvalue weighted by Gasteiger charge is -2.32. The van der Waals surface area contributed by atoms with Gasteiger partial charge in [-0.3, -0.25) is 4.99 Å². The summed E-state index contributed by atoms with van der Waals surface area (Å²) in [5, 5.41) is 7.01. The van der Waals surface area contributed by atoms with E-state index in [-0.39, 0.29) is 6.10 Å². The van der Waals surface area contributed by atoms with E-state index in [0.29, 0.717) is 5.92 Å². The Morgan fingerprint density at radius 3 is 2.64 bits per heavy atom. The topological polar surface area (TPSA) is 48.9 Å². The van der Waals surface area contributed by atoms with Gasteiger partial charge in [-0.15, -0.1) is 0 Å². The van der Waals surface area contributed by atoms with Crippen molar-refractivity contribution in [3.05, 3.63) is 35.4 Å². The highest BCUT2D eigenvalue weighted by molar-refractivity contribution is 5.79. The van der Waals surface area contributed by atoms with Gasteiger partial charge in [-0.25, -0.2) is 0 Å². The Balaban J connectivity index is 1.39. The summed E-state index contributed by atoms with van der Waals surface area (Å²) in [5.41, 5.74) is 2.59. The molecule has 0 aliphatic carbocycles. The molecule has 2 saturated heterocycles. The zero-order chi connectivity index (χ0) is 19.6. The van der Waals surface area contributed by atoms with Crippen molar-refractivity contribution >= 4 is 5.96 Å². The molecule has 0 saturated carbocycles. The minimum absolute atomic E-state index is 0.181. The molecule has 1 aromatic rings. The van der Waals surface area contributed by atoms with Crippen LogP contribution in [-0.2, 0) is 4.74 Å². The summed E-state index contributed by atoms with van der Waals surface area (Å²) in [4.78, 5) is 6.98. The molecule has 2 aliphatic rings. The Morgan fingerprint density at radius 2 is 1.89 bits per heavy atom. The third kappa shape index (κ3) is 6.49. The number of likely N-dealkylation sites (tertiary alicyclic amines) is 1. The Bertz CT molecular complexity index is 595. The number of unbranched alkanes of at least 4 members (excludes halogenated alkanes) is 1. The summed E-state index contributed by atoms with van der Waals surface area (Å²) in [6.45, 7) is 8.70. The van der Waals surface area contributed by atoms with Crippen LogP contribution < -0.4 is 10.6 Å². The second-order valence-electron chi connectivity index (χ2n) is 8.24. The van der Waals surface area contributed by atoms with E-state index in [0.717, 1.165) is 32.1 Å². The van der Waals surface area contributed by atoms with Crippen LogP contribution in [0.15, 0.2) is 29.3 Å². The first-order valence-electron chi connectivity index (χ1n) is 11.1. The van der Waals surface area contributed by atoms with Gasteiger partial charge in [0.1, 0.15) is 0 Å². The van der Waals surface area contributed by atoms with Gasteiger partial charge in [-0.1, -0.05) is 29.8 Å². The van der Waals surface area contributed by atoms with Crippen molar-refractivity contribution in [3.8, 4) is 0 Å². The molecule has 28 heavy (non-hydrogen) atoms. The highest BCUT2D eigenvalue weighted by Crippen LogP contribution is 2.33. The number of nitrogens with one attached hydrogen (secondary N) is 2. The molecule has 2 atom stereocenters. The zero-order valence-corrected chi connectivity index (χ0v) is 17.8. The van der Waals surface area contributed by atoms with Gasteiger partial charge in [-0.2, -0.15) is 0 Å². The number of hydrogen-bond acceptors (Lipinski definition) is 3. The zero-order valence-electron chi connectivity index (χ0n) is 17.8. The molecule has 0 aromatic heterocycles. The fourth-order valence-corrected chi connectivity index (χ4v) is 4.30. The van der Waals surface area contributed by atoms with E-state index >= 15 is 0 Å². The van der Waals surface area contributed by atoms with Crippen LogP contribution in [0.4, 0.5) is 0 Å². The molecule has 1 aromatic carbocycles. The molecule has 0 bridgehead atoms.